The highest BCUT2D eigenvalue weighted by Crippen LogP contribution is 2.52. The monoisotopic (exact) mass is 541 g/mol. The van der Waals surface area contributed by atoms with E-state index in [1.54, 1.807) is 29.2 Å². The van der Waals surface area contributed by atoms with Crippen molar-refractivity contribution in [3.05, 3.63) is 129 Å². The average molecular weight is 542 g/mol. The lowest BCUT2D eigenvalue weighted by Crippen LogP contribution is -2.57. The summed E-state index contributed by atoms with van der Waals surface area (Å²) >= 11 is 3.14. The largest absolute Gasteiger partial charge is 0.508 e. The molecule has 2 nitrogen and oxygen atoms in total. The third-order valence-corrected chi connectivity index (χ3v) is 6.98. The minimum atomic E-state index is -1.72. The number of rotatable bonds is 3. The van der Waals surface area contributed by atoms with Crippen LogP contribution in [-0.2, 0) is 12.0 Å². The number of hydrogen-bond donors (Lipinski definition) is 1. The van der Waals surface area contributed by atoms with Crippen LogP contribution >= 0.6 is 15.9 Å². The molecule has 4 aromatic rings. The maximum Gasteiger partial charge on any atom is 0.149 e. The van der Waals surface area contributed by atoms with E-state index in [2.05, 4.69) is 15.9 Å². The molecule has 2 atom stereocenters. The molecule has 0 unspecified atom stereocenters. The highest BCUT2D eigenvalue weighted by Gasteiger charge is 2.52. The predicted octanol–water partition coefficient (Wildman–Crippen LogP) is 7.45. The molecular weight excluding hydrogens is 522 g/mol. The van der Waals surface area contributed by atoms with Gasteiger partial charge in [-0.25, -0.2) is 17.6 Å². The molecule has 0 bridgehead atoms. The van der Waals surface area contributed by atoms with E-state index < -0.39 is 34.8 Å². The summed E-state index contributed by atoms with van der Waals surface area (Å²) in [7, 11) is 0. The normalized spacial score (nSPS) is 19.5. The summed E-state index contributed by atoms with van der Waals surface area (Å²) in [4.78, 5) is 1.59. The molecule has 1 aliphatic rings. The zero-order chi connectivity index (χ0) is 24.9. The van der Waals surface area contributed by atoms with Crippen molar-refractivity contribution < 1.29 is 22.7 Å². The Morgan fingerprint density at radius 2 is 1.57 bits per heavy atom. The van der Waals surface area contributed by atoms with Gasteiger partial charge in [0.05, 0.1) is 11.3 Å². The maximum absolute atomic E-state index is 15.9. The summed E-state index contributed by atoms with van der Waals surface area (Å²) in [6.07, 6.45) is 0.452. The van der Waals surface area contributed by atoms with Crippen LogP contribution in [0.4, 0.5) is 23.2 Å². The molecule has 1 aliphatic heterocycles. The van der Waals surface area contributed by atoms with E-state index in [0.29, 0.717) is 17.5 Å². The fourth-order valence-corrected chi connectivity index (χ4v) is 5.73. The van der Waals surface area contributed by atoms with Gasteiger partial charge in [-0.2, -0.15) is 0 Å². The van der Waals surface area contributed by atoms with Crippen molar-refractivity contribution in [1.29, 1.82) is 0 Å². The lowest BCUT2D eigenvalue weighted by atomic mass is 9.69. The molecule has 0 radical (unpaired) electrons. The number of anilines is 1. The third-order valence-electron chi connectivity index (χ3n) is 6.53. The quantitative estimate of drug-likeness (QED) is 0.272. The van der Waals surface area contributed by atoms with Crippen molar-refractivity contribution in [2.75, 3.05) is 4.90 Å². The van der Waals surface area contributed by atoms with E-state index in [1.165, 1.54) is 18.2 Å². The van der Waals surface area contributed by atoms with Crippen molar-refractivity contribution in [2.45, 2.75) is 24.9 Å². The van der Waals surface area contributed by atoms with Crippen LogP contribution in [-0.4, -0.2) is 11.1 Å². The van der Waals surface area contributed by atoms with Gasteiger partial charge in [0.1, 0.15) is 34.6 Å². The minimum Gasteiger partial charge on any atom is -0.508 e. The zero-order valence-electron chi connectivity index (χ0n) is 18.6. The number of phenols is 1. The standard InChI is InChI=1S/C28H20BrF4NO/c1-16-11-17-5-2-3-8-22(17)28(18-6-4-7-21(35)12-18,27-24(32)13-19(29)14-25(27)33)34(16)26-10-9-20(30)15-23(26)31/h2-10,12-16,35H,11H2,1H3/t16-,28+/m1/s1. The Bertz CT molecular complexity index is 1420. The van der Waals surface area contributed by atoms with Gasteiger partial charge >= 0.3 is 0 Å². The second kappa shape index (κ2) is 8.72. The topological polar surface area (TPSA) is 23.5 Å². The first-order valence-electron chi connectivity index (χ1n) is 11.0. The van der Waals surface area contributed by atoms with Crippen LogP contribution in [0.1, 0.15) is 29.2 Å². The number of fused-ring (bicyclic) bond motifs is 1. The van der Waals surface area contributed by atoms with Crippen molar-refractivity contribution >= 4 is 21.6 Å². The summed E-state index contributed by atoms with van der Waals surface area (Å²) in [6.45, 7) is 1.82. The van der Waals surface area contributed by atoms with E-state index in [0.717, 1.165) is 29.8 Å². The van der Waals surface area contributed by atoms with Crippen molar-refractivity contribution in [3.8, 4) is 5.75 Å². The van der Waals surface area contributed by atoms with Crippen molar-refractivity contribution in [1.82, 2.24) is 0 Å². The van der Waals surface area contributed by atoms with Gasteiger partial charge in [-0.1, -0.05) is 52.3 Å². The summed E-state index contributed by atoms with van der Waals surface area (Å²) in [6, 6.07) is 18.3. The Hall–Kier alpha value is -3.32. The first kappa shape index (κ1) is 23.4. The molecule has 178 valence electrons. The van der Waals surface area contributed by atoms with E-state index >= 15 is 13.2 Å². The Labute approximate surface area is 208 Å². The lowest BCUT2D eigenvalue weighted by molar-refractivity contribution is 0.406. The van der Waals surface area contributed by atoms with Gasteiger partial charge in [-0.3, -0.25) is 0 Å². The molecule has 0 aliphatic carbocycles. The Balaban J connectivity index is 2.01. The van der Waals surface area contributed by atoms with E-state index in [9.17, 15) is 9.50 Å². The molecule has 1 N–H and O–H groups in total. The van der Waals surface area contributed by atoms with Gasteiger partial charge in [-0.05, 0) is 66.4 Å². The SMILES string of the molecule is C[C@@H]1Cc2ccccc2[C@@](c2cccc(O)c2)(c2c(F)cc(Br)cc2F)N1c1ccc(F)cc1F. The van der Waals surface area contributed by atoms with E-state index in [4.69, 9.17) is 0 Å². The summed E-state index contributed by atoms with van der Waals surface area (Å²) in [5, 5.41) is 10.4. The number of halogens is 5. The Morgan fingerprint density at radius 3 is 2.26 bits per heavy atom. The summed E-state index contributed by atoms with van der Waals surface area (Å²) < 4.78 is 61.3. The molecule has 0 amide bonds. The molecule has 1 heterocycles. The Morgan fingerprint density at radius 1 is 0.857 bits per heavy atom. The average Bonchev–Trinajstić information content (AvgIpc) is 2.79. The number of phenolic OH excluding ortho intramolecular Hbond substituents is 1. The smallest absolute Gasteiger partial charge is 0.149 e. The molecule has 0 aromatic heterocycles. The molecule has 0 spiro atoms. The summed E-state index contributed by atoms with van der Waals surface area (Å²) in [5.74, 6) is -3.44. The predicted molar refractivity (Wildman–Crippen MR) is 130 cm³/mol. The number of nitrogens with zero attached hydrogens (tertiary/aromatic N) is 1. The summed E-state index contributed by atoms with van der Waals surface area (Å²) in [5.41, 5.74) is -0.371. The lowest BCUT2D eigenvalue weighted by Gasteiger charge is -2.53. The fraction of sp³-hybridized carbons (Fsp3) is 0.143. The number of benzene rings is 4. The maximum atomic E-state index is 15.9. The van der Waals surface area contributed by atoms with Gasteiger partial charge in [0, 0.05) is 16.6 Å². The van der Waals surface area contributed by atoms with E-state index in [-0.39, 0.29) is 21.5 Å². The molecule has 7 heteroatoms. The molecule has 5 rings (SSSR count). The third kappa shape index (κ3) is 3.69. The van der Waals surface area contributed by atoms with Crippen LogP contribution in [0.15, 0.2) is 83.3 Å². The minimum absolute atomic E-state index is 0.0153. The van der Waals surface area contributed by atoms with Crippen LogP contribution in [0.5, 0.6) is 5.75 Å². The molecule has 0 saturated carbocycles. The molecule has 0 fully saturated rings. The van der Waals surface area contributed by atoms with Crippen LogP contribution in [0, 0.1) is 23.3 Å². The first-order chi connectivity index (χ1) is 16.7. The second-order valence-electron chi connectivity index (χ2n) is 8.68. The molecule has 0 saturated heterocycles. The fourth-order valence-electron chi connectivity index (χ4n) is 5.33. The number of hydrogen-bond acceptors (Lipinski definition) is 2. The molecule has 4 aromatic carbocycles. The van der Waals surface area contributed by atoms with Crippen LogP contribution in [0.25, 0.3) is 0 Å². The van der Waals surface area contributed by atoms with Crippen molar-refractivity contribution in [3.63, 3.8) is 0 Å². The van der Waals surface area contributed by atoms with Gasteiger partial charge in [0.25, 0.3) is 0 Å². The van der Waals surface area contributed by atoms with Crippen molar-refractivity contribution in [2.24, 2.45) is 0 Å². The van der Waals surface area contributed by atoms with Gasteiger partial charge in [-0.15, -0.1) is 0 Å². The zero-order valence-corrected chi connectivity index (χ0v) is 20.2. The first-order valence-corrected chi connectivity index (χ1v) is 11.8. The highest BCUT2D eigenvalue weighted by atomic mass is 79.9. The highest BCUT2D eigenvalue weighted by molar-refractivity contribution is 9.10. The van der Waals surface area contributed by atoms with Crippen LogP contribution in [0.3, 0.4) is 0 Å². The Kier molecular flexibility index (Phi) is 5.83. The van der Waals surface area contributed by atoms with Gasteiger partial charge < -0.3 is 10.0 Å². The molecular formula is C28H20BrF4NO. The van der Waals surface area contributed by atoms with Gasteiger partial charge in [0.2, 0.25) is 0 Å². The second-order valence-corrected chi connectivity index (χ2v) is 9.60. The van der Waals surface area contributed by atoms with Crippen LogP contribution in [0.2, 0.25) is 0 Å². The molecule has 35 heavy (non-hydrogen) atoms. The van der Waals surface area contributed by atoms with E-state index in [1.807, 2.05) is 19.1 Å². The van der Waals surface area contributed by atoms with Gasteiger partial charge in [0.15, 0.2) is 0 Å². The number of aromatic hydroxyl groups is 1. The van der Waals surface area contributed by atoms with Crippen LogP contribution < -0.4 is 4.90 Å².